The zero-order chi connectivity index (χ0) is 15.8. The Bertz CT molecular complexity index is 573. The first-order chi connectivity index (χ1) is 10.7. The molecule has 2 aromatic carbocycles. The van der Waals surface area contributed by atoms with Gasteiger partial charge in [0, 0.05) is 0 Å². The Morgan fingerprint density at radius 1 is 0.682 bits per heavy atom. The number of aryl methyl sites for hydroxylation is 1. The fourth-order valence-corrected chi connectivity index (χ4v) is 2.65. The molecular formula is C20H24F2. The second kappa shape index (κ2) is 8.67. The van der Waals surface area contributed by atoms with Crippen molar-refractivity contribution in [3.05, 3.63) is 59.7 Å². The van der Waals surface area contributed by atoms with E-state index in [1.54, 1.807) is 6.07 Å². The van der Waals surface area contributed by atoms with E-state index in [0.29, 0.717) is 5.56 Å². The van der Waals surface area contributed by atoms with Crippen molar-refractivity contribution in [3.63, 3.8) is 0 Å². The normalized spacial score (nSPS) is 10.9. The molecule has 0 N–H and O–H groups in total. The molecule has 0 nitrogen and oxygen atoms in total. The van der Waals surface area contributed by atoms with Crippen molar-refractivity contribution in [2.45, 2.75) is 51.9 Å². The van der Waals surface area contributed by atoms with Gasteiger partial charge in [-0.3, -0.25) is 0 Å². The highest BCUT2D eigenvalue weighted by atomic mass is 19.2. The van der Waals surface area contributed by atoms with Crippen LogP contribution in [0.15, 0.2) is 42.5 Å². The highest BCUT2D eigenvalue weighted by Crippen LogP contribution is 2.22. The van der Waals surface area contributed by atoms with Crippen molar-refractivity contribution < 1.29 is 8.78 Å². The highest BCUT2D eigenvalue weighted by molar-refractivity contribution is 5.63. The highest BCUT2D eigenvalue weighted by Gasteiger charge is 2.04. The summed E-state index contributed by atoms with van der Waals surface area (Å²) in [4.78, 5) is 0. The lowest BCUT2D eigenvalue weighted by Crippen LogP contribution is -1.88. The quantitative estimate of drug-likeness (QED) is 0.486. The molecule has 2 rings (SSSR count). The molecule has 0 amide bonds. The zero-order valence-corrected chi connectivity index (χ0v) is 13.2. The summed E-state index contributed by atoms with van der Waals surface area (Å²) in [7, 11) is 0. The van der Waals surface area contributed by atoms with Crippen molar-refractivity contribution in [3.8, 4) is 11.1 Å². The summed E-state index contributed by atoms with van der Waals surface area (Å²) >= 11 is 0. The lowest BCUT2D eigenvalue weighted by Gasteiger charge is -2.05. The molecule has 0 aliphatic carbocycles. The van der Waals surface area contributed by atoms with Gasteiger partial charge in [0.05, 0.1) is 0 Å². The molecule has 0 saturated heterocycles. The third-order valence-corrected chi connectivity index (χ3v) is 4.03. The van der Waals surface area contributed by atoms with Crippen molar-refractivity contribution in [2.24, 2.45) is 0 Å². The second-order valence-corrected chi connectivity index (χ2v) is 5.84. The van der Waals surface area contributed by atoms with Crippen LogP contribution < -0.4 is 0 Å². The Morgan fingerprint density at radius 2 is 1.32 bits per heavy atom. The van der Waals surface area contributed by atoms with Crippen LogP contribution in [-0.2, 0) is 6.42 Å². The molecule has 0 unspecified atom stereocenters. The van der Waals surface area contributed by atoms with Crippen LogP contribution in [0, 0.1) is 11.6 Å². The number of hydrogen-bond donors (Lipinski definition) is 0. The molecule has 0 aromatic heterocycles. The standard InChI is InChI=1S/C20H24F2/c1-2-3-4-5-6-7-8-16-9-11-17(12-10-16)18-13-14-19(21)20(22)15-18/h9-15H,2-8H2,1H3. The molecule has 22 heavy (non-hydrogen) atoms. The van der Waals surface area contributed by atoms with E-state index in [-0.39, 0.29) is 0 Å². The van der Waals surface area contributed by atoms with E-state index in [2.05, 4.69) is 19.1 Å². The summed E-state index contributed by atoms with van der Waals surface area (Å²) in [5.41, 5.74) is 2.94. The van der Waals surface area contributed by atoms with Crippen LogP contribution >= 0.6 is 0 Å². The Hall–Kier alpha value is -1.70. The smallest absolute Gasteiger partial charge is 0.159 e. The first-order valence-electron chi connectivity index (χ1n) is 8.25. The zero-order valence-electron chi connectivity index (χ0n) is 13.2. The van der Waals surface area contributed by atoms with Crippen LogP contribution in [0.25, 0.3) is 11.1 Å². The van der Waals surface area contributed by atoms with E-state index in [1.807, 2.05) is 12.1 Å². The first-order valence-corrected chi connectivity index (χ1v) is 8.25. The van der Waals surface area contributed by atoms with Crippen molar-refractivity contribution >= 4 is 0 Å². The van der Waals surface area contributed by atoms with Crippen LogP contribution in [0.2, 0.25) is 0 Å². The fourth-order valence-electron chi connectivity index (χ4n) is 2.65. The monoisotopic (exact) mass is 302 g/mol. The summed E-state index contributed by atoms with van der Waals surface area (Å²) in [6, 6.07) is 12.2. The van der Waals surface area contributed by atoms with Crippen molar-refractivity contribution in [1.29, 1.82) is 0 Å². The van der Waals surface area contributed by atoms with Crippen LogP contribution in [0.5, 0.6) is 0 Å². The molecule has 0 heterocycles. The van der Waals surface area contributed by atoms with Gasteiger partial charge in [-0.15, -0.1) is 0 Å². The van der Waals surface area contributed by atoms with Gasteiger partial charge in [-0.1, -0.05) is 69.4 Å². The van der Waals surface area contributed by atoms with Crippen LogP contribution in [0.3, 0.4) is 0 Å². The molecule has 2 heteroatoms. The molecule has 0 radical (unpaired) electrons. The Morgan fingerprint density at radius 3 is 2.00 bits per heavy atom. The van der Waals surface area contributed by atoms with Crippen LogP contribution in [-0.4, -0.2) is 0 Å². The molecule has 118 valence electrons. The van der Waals surface area contributed by atoms with Gasteiger partial charge in [-0.2, -0.15) is 0 Å². The summed E-state index contributed by atoms with van der Waals surface area (Å²) in [6.07, 6.45) is 8.87. The van der Waals surface area contributed by atoms with E-state index in [9.17, 15) is 8.78 Å². The summed E-state index contributed by atoms with van der Waals surface area (Å²) in [5, 5.41) is 0. The molecule has 0 aliphatic rings. The van der Waals surface area contributed by atoms with Gasteiger partial charge < -0.3 is 0 Å². The number of halogens is 2. The van der Waals surface area contributed by atoms with E-state index >= 15 is 0 Å². The van der Waals surface area contributed by atoms with Gasteiger partial charge in [0.1, 0.15) is 0 Å². The minimum absolute atomic E-state index is 0.713. The molecule has 2 aromatic rings. The average molecular weight is 302 g/mol. The molecular weight excluding hydrogens is 278 g/mol. The topological polar surface area (TPSA) is 0 Å². The largest absolute Gasteiger partial charge is 0.204 e. The SMILES string of the molecule is CCCCCCCCc1ccc(-c2ccc(F)c(F)c2)cc1. The molecule has 0 bridgehead atoms. The van der Waals surface area contributed by atoms with E-state index in [0.717, 1.165) is 12.0 Å². The van der Waals surface area contributed by atoms with E-state index in [4.69, 9.17) is 0 Å². The van der Waals surface area contributed by atoms with Gasteiger partial charge >= 0.3 is 0 Å². The van der Waals surface area contributed by atoms with Crippen molar-refractivity contribution in [1.82, 2.24) is 0 Å². The molecule has 0 atom stereocenters. The Labute approximate surface area is 132 Å². The molecule has 0 aliphatic heterocycles. The van der Waals surface area contributed by atoms with Gasteiger partial charge in [0.2, 0.25) is 0 Å². The number of benzene rings is 2. The summed E-state index contributed by atoms with van der Waals surface area (Å²) in [6.45, 7) is 2.23. The van der Waals surface area contributed by atoms with Crippen molar-refractivity contribution in [2.75, 3.05) is 0 Å². The lowest BCUT2D eigenvalue weighted by molar-refractivity contribution is 0.509. The third-order valence-electron chi connectivity index (χ3n) is 4.03. The number of hydrogen-bond acceptors (Lipinski definition) is 0. The number of unbranched alkanes of at least 4 members (excludes halogenated alkanes) is 5. The van der Waals surface area contributed by atoms with Crippen LogP contribution in [0.4, 0.5) is 8.78 Å². The minimum atomic E-state index is -0.802. The third kappa shape index (κ3) is 4.94. The van der Waals surface area contributed by atoms with Gasteiger partial charge in [0.25, 0.3) is 0 Å². The maximum Gasteiger partial charge on any atom is 0.159 e. The predicted octanol–water partition coefficient (Wildman–Crippen LogP) is 6.53. The Balaban J connectivity index is 1.86. The fraction of sp³-hybridized carbons (Fsp3) is 0.400. The van der Waals surface area contributed by atoms with E-state index < -0.39 is 11.6 Å². The average Bonchev–Trinajstić information content (AvgIpc) is 2.54. The Kier molecular flexibility index (Phi) is 6.57. The molecule has 0 fully saturated rings. The van der Waals surface area contributed by atoms with Gasteiger partial charge in [-0.05, 0) is 41.7 Å². The van der Waals surface area contributed by atoms with E-state index in [1.165, 1.54) is 56.2 Å². The van der Waals surface area contributed by atoms with Crippen LogP contribution in [0.1, 0.15) is 51.0 Å². The maximum atomic E-state index is 13.3. The minimum Gasteiger partial charge on any atom is -0.204 e. The predicted molar refractivity (Wildman–Crippen MR) is 88.9 cm³/mol. The second-order valence-electron chi connectivity index (χ2n) is 5.84. The molecule has 0 saturated carbocycles. The summed E-state index contributed by atoms with van der Waals surface area (Å²) < 4.78 is 26.2. The number of rotatable bonds is 8. The first kappa shape index (κ1) is 16.7. The molecule has 0 spiro atoms. The van der Waals surface area contributed by atoms with Gasteiger partial charge in [0.15, 0.2) is 11.6 Å². The summed E-state index contributed by atoms with van der Waals surface area (Å²) in [5.74, 6) is -1.60. The maximum absolute atomic E-state index is 13.3. The lowest BCUT2D eigenvalue weighted by atomic mass is 10.0. The van der Waals surface area contributed by atoms with Gasteiger partial charge in [-0.25, -0.2) is 8.78 Å².